The Bertz CT molecular complexity index is 841. The molecule has 4 N–H and O–H groups in total. The van der Waals surface area contributed by atoms with E-state index in [2.05, 4.69) is 51.9 Å². The van der Waals surface area contributed by atoms with Crippen LogP contribution in [0.1, 0.15) is 88.6 Å². The Hall–Kier alpha value is -2.67. The van der Waals surface area contributed by atoms with Crippen LogP contribution < -0.4 is 16.0 Å². The first-order valence-corrected chi connectivity index (χ1v) is 12.4. The molecule has 2 aromatic rings. The molecular formula is C26H41N5O2. The number of unbranched alkanes of at least 4 members (excludes halogenated alkanes) is 2. The SMILES string of the molecule is CCCCNc1ncc(C(=O)Nc2ccc(CCCC)cc2)c(NC(C)CCC(O)CC)n1. The number of hydrogen-bond donors (Lipinski definition) is 4. The highest BCUT2D eigenvalue weighted by Crippen LogP contribution is 2.20. The Labute approximate surface area is 198 Å². The third-order valence-electron chi connectivity index (χ3n) is 5.66. The number of rotatable bonds is 15. The average Bonchev–Trinajstić information content (AvgIpc) is 2.82. The Morgan fingerprint density at radius 1 is 1.06 bits per heavy atom. The average molecular weight is 456 g/mol. The van der Waals surface area contributed by atoms with Gasteiger partial charge in [0, 0.05) is 24.5 Å². The second-order valence-electron chi connectivity index (χ2n) is 8.68. The maximum absolute atomic E-state index is 13.1. The number of aliphatic hydroxyl groups is 1. The predicted octanol–water partition coefficient (Wildman–Crippen LogP) is 5.64. The molecule has 2 atom stereocenters. The molecule has 0 aliphatic rings. The van der Waals surface area contributed by atoms with E-state index in [1.807, 2.05) is 26.0 Å². The van der Waals surface area contributed by atoms with E-state index in [1.165, 1.54) is 5.56 Å². The van der Waals surface area contributed by atoms with Gasteiger partial charge in [0.1, 0.15) is 11.4 Å². The molecule has 0 bridgehead atoms. The summed E-state index contributed by atoms with van der Waals surface area (Å²) in [5.41, 5.74) is 2.41. The van der Waals surface area contributed by atoms with Crippen molar-refractivity contribution in [1.82, 2.24) is 9.97 Å². The van der Waals surface area contributed by atoms with Gasteiger partial charge in [-0.25, -0.2) is 4.98 Å². The number of aromatic nitrogens is 2. The van der Waals surface area contributed by atoms with Gasteiger partial charge in [-0.05, 0) is 63.1 Å². The summed E-state index contributed by atoms with van der Waals surface area (Å²) in [6.07, 6.45) is 8.93. The van der Waals surface area contributed by atoms with Crippen molar-refractivity contribution in [3.05, 3.63) is 41.6 Å². The molecule has 33 heavy (non-hydrogen) atoms. The number of anilines is 3. The van der Waals surface area contributed by atoms with E-state index in [0.29, 0.717) is 23.8 Å². The van der Waals surface area contributed by atoms with Crippen molar-refractivity contribution in [2.75, 3.05) is 22.5 Å². The molecule has 182 valence electrons. The molecule has 1 aromatic carbocycles. The lowest BCUT2D eigenvalue weighted by Crippen LogP contribution is -2.23. The highest BCUT2D eigenvalue weighted by molar-refractivity contribution is 6.07. The van der Waals surface area contributed by atoms with Crippen LogP contribution in [0.2, 0.25) is 0 Å². The summed E-state index contributed by atoms with van der Waals surface area (Å²) in [4.78, 5) is 22.0. The van der Waals surface area contributed by atoms with Crippen molar-refractivity contribution in [2.24, 2.45) is 0 Å². The van der Waals surface area contributed by atoms with E-state index in [1.54, 1.807) is 6.20 Å². The lowest BCUT2D eigenvalue weighted by Gasteiger charge is -2.19. The zero-order valence-corrected chi connectivity index (χ0v) is 20.7. The fraction of sp³-hybridized carbons (Fsp3) is 0.577. The summed E-state index contributed by atoms with van der Waals surface area (Å²) in [7, 11) is 0. The molecule has 2 rings (SSSR count). The molecule has 0 aliphatic heterocycles. The first kappa shape index (κ1) is 26.6. The lowest BCUT2D eigenvalue weighted by molar-refractivity contribution is 0.102. The standard InChI is InChI=1S/C26H41N5O2/c1-5-8-10-20-12-14-21(15-13-20)30-25(33)23-18-28-26(27-17-9-6-2)31-24(23)29-19(4)11-16-22(32)7-3/h12-15,18-19,22,32H,5-11,16-17H2,1-4H3,(H,30,33)(H2,27,28,29,31). The summed E-state index contributed by atoms with van der Waals surface area (Å²) in [6, 6.07) is 8.04. The molecule has 0 fully saturated rings. The topological polar surface area (TPSA) is 99.2 Å². The van der Waals surface area contributed by atoms with Crippen LogP contribution in [0.15, 0.2) is 30.5 Å². The van der Waals surface area contributed by atoms with Crippen molar-refractivity contribution in [3.63, 3.8) is 0 Å². The number of aliphatic hydroxyl groups excluding tert-OH is 1. The number of carbonyl (C=O) groups excluding carboxylic acids is 1. The summed E-state index contributed by atoms with van der Waals surface area (Å²) in [5.74, 6) is 0.753. The fourth-order valence-corrected chi connectivity index (χ4v) is 3.41. The fourth-order valence-electron chi connectivity index (χ4n) is 3.41. The first-order valence-electron chi connectivity index (χ1n) is 12.4. The van der Waals surface area contributed by atoms with Crippen LogP contribution in [0.3, 0.4) is 0 Å². The maximum atomic E-state index is 13.1. The number of nitrogens with one attached hydrogen (secondary N) is 3. The van der Waals surface area contributed by atoms with Gasteiger partial charge in [0.2, 0.25) is 5.95 Å². The second kappa shape index (κ2) is 14.5. The van der Waals surface area contributed by atoms with Crippen LogP contribution in [0.25, 0.3) is 0 Å². The maximum Gasteiger partial charge on any atom is 0.260 e. The van der Waals surface area contributed by atoms with Crippen molar-refractivity contribution >= 4 is 23.4 Å². The van der Waals surface area contributed by atoms with Crippen LogP contribution in [0.4, 0.5) is 17.5 Å². The van der Waals surface area contributed by atoms with Crippen molar-refractivity contribution in [3.8, 4) is 0 Å². The molecule has 2 unspecified atom stereocenters. The number of amides is 1. The van der Waals surface area contributed by atoms with Gasteiger partial charge in [-0.3, -0.25) is 4.79 Å². The lowest BCUT2D eigenvalue weighted by atomic mass is 10.1. The molecule has 1 heterocycles. The molecule has 0 saturated carbocycles. The monoisotopic (exact) mass is 455 g/mol. The summed E-state index contributed by atoms with van der Waals surface area (Å²) in [5, 5.41) is 19.4. The van der Waals surface area contributed by atoms with E-state index < -0.39 is 0 Å². The van der Waals surface area contributed by atoms with Gasteiger partial charge in [-0.2, -0.15) is 4.98 Å². The highest BCUT2D eigenvalue weighted by Gasteiger charge is 2.17. The molecule has 0 saturated heterocycles. The van der Waals surface area contributed by atoms with E-state index in [9.17, 15) is 9.90 Å². The quantitative estimate of drug-likeness (QED) is 0.260. The normalized spacial score (nSPS) is 12.8. The van der Waals surface area contributed by atoms with E-state index in [0.717, 1.165) is 57.2 Å². The van der Waals surface area contributed by atoms with Gasteiger partial charge in [-0.1, -0.05) is 45.7 Å². The number of carbonyl (C=O) groups is 1. The minimum Gasteiger partial charge on any atom is -0.393 e. The molecule has 0 radical (unpaired) electrons. The van der Waals surface area contributed by atoms with Gasteiger partial charge in [0.15, 0.2) is 0 Å². The van der Waals surface area contributed by atoms with E-state index >= 15 is 0 Å². The molecule has 0 aliphatic carbocycles. The zero-order chi connectivity index (χ0) is 24.1. The van der Waals surface area contributed by atoms with Crippen LogP contribution in [-0.2, 0) is 6.42 Å². The Kier molecular flexibility index (Phi) is 11.7. The smallest absolute Gasteiger partial charge is 0.260 e. The molecule has 1 amide bonds. The van der Waals surface area contributed by atoms with Gasteiger partial charge in [-0.15, -0.1) is 0 Å². The van der Waals surface area contributed by atoms with E-state index in [-0.39, 0.29) is 18.1 Å². The van der Waals surface area contributed by atoms with Crippen LogP contribution >= 0.6 is 0 Å². The summed E-state index contributed by atoms with van der Waals surface area (Å²) in [6.45, 7) is 9.10. The van der Waals surface area contributed by atoms with Crippen LogP contribution in [0, 0.1) is 0 Å². The number of nitrogens with zero attached hydrogens (tertiary/aromatic N) is 2. The number of aryl methyl sites for hydroxylation is 1. The van der Waals surface area contributed by atoms with Gasteiger partial charge in [0.25, 0.3) is 5.91 Å². The van der Waals surface area contributed by atoms with Crippen molar-refractivity contribution in [1.29, 1.82) is 0 Å². The Balaban J connectivity index is 2.14. The molecule has 1 aromatic heterocycles. The molecular weight excluding hydrogens is 414 g/mol. The number of hydrogen-bond acceptors (Lipinski definition) is 6. The van der Waals surface area contributed by atoms with Crippen molar-refractivity contribution in [2.45, 2.75) is 91.2 Å². The molecule has 7 heteroatoms. The highest BCUT2D eigenvalue weighted by atomic mass is 16.3. The van der Waals surface area contributed by atoms with Crippen molar-refractivity contribution < 1.29 is 9.90 Å². The zero-order valence-electron chi connectivity index (χ0n) is 20.7. The Morgan fingerprint density at radius 2 is 1.79 bits per heavy atom. The summed E-state index contributed by atoms with van der Waals surface area (Å²) < 4.78 is 0. The molecule has 7 nitrogen and oxygen atoms in total. The van der Waals surface area contributed by atoms with Crippen LogP contribution in [-0.4, -0.2) is 39.7 Å². The van der Waals surface area contributed by atoms with Gasteiger partial charge < -0.3 is 21.1 Å². The second-order valence-corrected chi connectivity index (χ2v) is 8.68. The largest absolute Gasteiger partial charge is 0.393 e. The first-order chi connectivity index (χ1) is 16.0. The minimum atomic E-state index is -0.311. The van der Waals surface area contributed by atoms with E-state index in [4.69, 9.17) is 0 Å². The van der Waals surface area contributed by atoms with Gasteiger partial charge in [0.05, 0.1) is 6.10 Å². The Morgan fingerprint density at radius 3 is 2.45 bits per heavy atom. The third kappa shape index (κ3) is 9.38. The predicted molar refractivity (Wildman–Crippen MR) is 137 cm³/mol. The minimum absolute atomic E-state index is 0.0500. The summed E-state index contributed by atoms with van der Waals surface area (Å²) >= 11 is 0. The third-order valence-corrected chi connectivity index (χ3v) is 5.66. The van der Waals surface area contributed by atoms with Crippen LogP contribution in [0.5, 0.6) is 0 Å². The number of benzene rings is 1. The molecule has 0 spiro atoms. The van der Waals surface area contributed by atoms with Gasteiger partial charge >= 0.3 is 0 Å².